The fourth-order valence-corrected chi connectivity index (χ4v) is 3.72. The van der Waals surface area contributed by atoms with E-state index in [1.165, 1.54) is 90.1 Å². The van der Waals surface area contributed by atoms with E-state index in [9.17, 15) is 0 Å². The molecular formula is C19H39N. The molecule has 0 spiro atoms. The Morgan fingerprint density at radius 1 is 0.900 bits per heavy atom. The van der Waals surface area contributed by atoms with Gasteiger partial charge in [-0.1, -0.05) is 78.6 Å². The monoisotopic (exact) mass is 281 g/mol. The maximum absolute atomic E-state index is 3.76. The summed E-state index contributed by atoms with van der Waals surface area (Å²) >= 11 is 0. The average molecular weight is 282 g/mol. The molecule has 0 aliphatic heterocycles. The highest BCUT2D eigenvalue weighted by Gasteiger charge is 2.30. The molecule has 1 rings (SSSR count). The molecule has 0 unspecified atom stereocenters. The van der Waals surface area contributed by atoms with Crippen molar-refractivity contribution in [3.8, 4) is 0 Å². The van der Waals surface area contributed by atoms with Crippen molar-refractivity contribution in [2.75, 3.05) is 13.1 Å². The van der Waals surface area contributed by atoms with E-state index in [-0.39, 0.29) is 0 Å². The van der Waals surface area contributed by atoms with Crippen LogP contribution in [-0.4, -0.2) is 13.1 Å². The molecule has 1 nitrogen and oxygen atoms in total. The Morgan fingerprint density at radius 3 is 2.20 bits per heavy atom. The van der Waals surface area contributed by atoms with E-state index in [0.717, 1.165) is 5.92 Å². The van der Waals surface area contributed by atoms with Crippen molar-refractivity contribution in [1.29, 1.82) is 0 Å². The van der Waals surface area contributed by atoms with E-state index in [2.05, 4.69) is 26.1 Å². The Kier molecular flexibility index (Phi) is 9.59. The summed E-state index contributed by atoms with van der Waals surface area (Å²) in [6.45, 7) is 9.40. The van der Waals surface area contributed by atoms with Crippen molar-refractivity contribution in [3.05, 3.63) is 0 Å². The predicted octanol–water partition coefficient (Wildman–Crippen LogP) is 5.93. The van der Waals surface area contributed by atoms with E-state index < -0.39 is 0 Å². The zero-order valence-electron chi connectivity index (χ0n) is 14.5. The second kappa shape index (κ2) is 10.7. The summed E-state index contributed by atoms with van der Waals surface area (Å²) in [7, 11) is 0. The molecule has 0 saturated heterocycles. The number of nitrogens with one attached hydrogen (secondary N) is 1. The lowest BCUT2D eigenvalue weighted by molar-refractivity contribution is 0.159. The predicted molar refractivity (Wildman–Crippen MR) is 91.2 cm³/mol. The average Bonchev–Trinajstić information content (AvgIpc) is 2.43. The molecule has 1 N–H and O–H groups in total. The molecule has 1 heteroatoms. The van der Waals surface area contributed by atoms with Crippen LogP contribution < -0.4 is 5.32 Å². The SMILES string of the molecule is CCCCCCCCC1(CNCC(C)C)CCCCC1. The van der Waals surface area contributed by atoms with Crippen LogP contribution in [0.3, 0.4) is 0 Å². The third kappa shape index (κ3) is 7.67. The first kappa shape index (κ1) is 18.0. The molecule has 20 heavy (non-hydrogen) atoms. The van der Waals surface area contributed by atoms with Gasteiger partial charge in [0.05, 0.1) is 0 Å². The number of unbranched alkanes of at least 4 members (excludes halogenated alkanes) is 5. The van der Waals surface area contributed by atoms with E-state index in [4.69, 9.17) is 0 Å². The zero-order valence-corrected chi connectivity index (χ0v) is 14.5. The quantitative estimate of drug-likeness (QED) is 0.463. The Balaban J connectivity index is 2.24. The summed E-state index contributed by atoms with van der Waals surface area (Å²) < 4.78 is 0. The van der Waals surface area contributed by atoms with Crippen molar-refractivity contribution in [2.45, 2.75) is 97.8 Å². The van der Waals surface area contributed by atoms with E-state index in [1.807, 2.05) is 0 Å². The van der Waals surface area contributed by atoms with Gasteiger partial charge in [-0.2, -0.15) is 0 Å². The Morgan fingerprint density at radius 2 is 1.55 bits per heavy atom. The Labute approximate surface area is 128 Å². The van der Waals surface area contributed by atoms with Crippen molar-refractivity contribution < 1.29 is 0 Å². The van der Waals surface area contributed by atoms with Gasteiger partial charge in [0.2, 0.25) is 0 Å². The van der Waals surface area contributed by atoms with Gasteiger partial charge >= 0.3 is 0 Å². The Bertz CT molecular complexity index is 216. The molecule has 0 aromatic rings. The molecule has 0 heterocycles. The lowest BCUT2D eigenvalue weighted by Gasteiger charge is -2.38. The summed E-state index contributed by atoms with van der Waals surface area (Å²) in [6.07, 6.45) is 17.5. The van der Waals surface area contributed by atoms with Gasteiger partial charge in [0.25, 0.3) is 0 Å². The molecule has 1 aliphatic carbocycles. The summed E-state index contributed by atoms with van der Waals surface area (Å²) in [5.74, 6) is 0.782. The minimum atomic E-state index is 0.651. The number of rotatable bonds is 11. The number of hydrogen-bond donors (Lipinski definition) is 1. The van der Waals surface area contributed by atoms with Crippen LogP contribution in [0.5, 0.6) is 0 Å². The van der Waals surface area contributed by atoms with Crippen molar-refractivity contribution in [3.63, 3.8) is 0 Å². The second-order valence-electron chi connectivity index (χ2n) is 7.60. The molecule has 1 saturated carbocycles. The van der Waals surface area contributed by atoms with Crippen molar-refractivity contribution in [2.24, 2.45) is 11.3 Å². The van der Waals surface area contributed by atoms with Crippen LogP contribution in [0.25, 0.3) is 0 Å². The largest absolute Gasteiger partial charge is 0.316 e. The van der Waals surface area contributed by atoms with Gasteiger partial charge in [-0.15, -0.1) is 0 Å². The fourth-order valence-electron chi connectivity index (χ4n) is 3.72. The molecule has 0 atom stereocenters. The van der Waals surface area contributed by atoms with E-state index in [0.29, 0.717) is 5.41 Å². The van der Waals surface area contributed by atoms with Gasteiger partial charge in [-0.05, 0) is 37.1 Å². The summed E-state index contributed by atoms with van der Waals surface area (Å²) in [4.78, 5) is 0. The van der Waals surface area contributed by atoms with Gasteiger partial charge in [0.1, 0.15) is 0 Å². The third-order valence-corrected chi connectivity index (χ3v) is 5.03. The molecule has 0 bridgehead atoms. The molecule has 120 valence electrons. The zero-order chi connectivity index (χ0) is 14.7. The van der Waals surface area contributed by atoms with Crippen LogP contribution >= 0.6 is 0 Å². The maximum atomic E-state index is 3.76. The van der Waals surface area contributed by atoms with Crippen molar-refractivity contribution >= 4 is 0 Å². The van der Waals surface area contributed by atoms with Crippen molar-refractivity contribution in [1.82, 2.24) is 5.32 Å². The highest BCUT2D eigenvalue weighted by atomic mass is 14.9. The van der Waals surface area contributed by atoms with Crippen LogP contribution in [0.15, 0.2) is 0 Å². The molecule has 1 fully saturated rings. The van der Waals surface area contributed by atoms with Gasteiger partial charge in [0, 0.05) is 6.54 Å². The topological polar surface area (TPSA) is 12.0 Å². The summed E-state index contributed by atoms with van der Waals surface area (Å²) in [5, 5.41) is 3.76. The van der Waals surface area contributed by atoms with Crippen LogP contribution in [-0.2, 0) is 0 Å². The van der Waals surface area contributed by atoms with Gasteiger partial charge in [-0.3, -0.25) is 0 Å². The summed E-state index contributed by atoms with van der Waals surface area (Å²) in [5.41, 5.74) is 0.651. The second-order valence-corrected chi connectivity index (χ2v) is 7.60. The van der Waals surface area contributed by atoms with Crippen LogP contribution in [0.4, 0.5) is 0 Å². The van der Waals surface area contributed by atoms with E-state index >= 15 is 0 Å². The van der Waals surface area contributed by atoms with Gasteiger partial charge in [0.15, 0.2) is 0 Å². The van der Waals surface area contributed by atoms with Crippen LogP contribution in [0, 0.1) is 11.3 Å². The summed E-state index contributed by atoms with van der Waals surface area (Å²) in [6, 6.07) is 0. The highest BCUT2D eigenvalue weighted by molar-refractivity contribution is 4.85. The third-order valence-electron chi connectivity index (χ3n) is 5.03. The number of hydrogen-bond acceptors (Lipinski definition) is 1. The molecular weight excluding hydrogens is 242 g/mol. The molecule has 0 radical (unpaired) electrons. The molecule has 0 aromatic heterocycles. The van der Waals surface area contributed by atoms with Gasteiger partial charge < -0.3 is 5.32 Å². The van der Waals surface area contributed by atoms with Crippen LogP contribution in [0.1, 0.15) is 97.8 Å². The lowest BCUT2D eigenvalue weighted by atomic mass is 9.70. The van der Waals surface area contributed by atoms with Gasteiger partial charge in [-0.25, -0.2) is 0 Å². The standard InChI is InChI=1S/C19H39N/c1-4-5-6-7-8-10-13-19(14-11-9-12-15-19)17-20-16-18(2)3/h18,20H,4-17H2,1-3H3. The van der Waals surface area contributed by atoms with E-state index in [1.54, 1.807) is 0 Å². The first-order chi connectivity index (χ1) is 9.68. The first-order valence-corrected chi connectivity index (χ1v) is 9.39. The fraction of sp³-hybridized carbons (Fsp3) is 1.00. The highest BCUT2D eigenvalue weighted by Crippen LogP contribution is 2.40. The lowest BCUT2D eigenvalue weighted by Crippen LogP contribution is -2.37. The minimum Gasteiger partial charge on any atom is -0.316 e. The minimum absolute atomic E-state index is 0.651. The first-order valence-electron chi connectivity index (χ1n) is 9.39. The maximum Gasteiger partial charge on any atom is 0.000792 e. The molecule has 0 amide bonds. The molecule has 0 aromatic carbocycles. The molecule has 1 aliphatic rings. The van der Waals surface area contributed by atoms with Crippen LogP contribution in [0.2, 0.25) is 0 Å². The smallest absolute Gasteiger partial charge is 0.000792 e. The normalized spacial score (nSPS) is 18.6. The Hall–Kier alpha value is -0.0400.